The van der Waals surface area contributed by atoms with Crippen LogP contribution in [0.2, 0.25) is 0 Å². The zero-order chi connectivity index (χ0) is 33.8. The number of amides is 3. The fourth-order valence-corrected chi connectivity index (χ4v) is 6.56. The summed E-state index contributed by atoms with van der Waals surface area (Å²) in [5.74, 6) is 1.33. The normalized spacial score (nSPS) is 17.5. The van der Waals surface area contributed by atoms with Gasteiger partial charge < -0.3 is 29.7 Å². The average molecular weight is 657 g/mol. The number of methoxy groups -OCH3 is 1. The van der Waals surface area contributed by atoms with Crippen molar-refractivity contribution in [1.29, 1.82) is 0 Å². The van der Waals surface area contributed by atoms with Crippen molar-refractivity contribution in [2.24, 2.45) is 0 Å². The lowest BCUT2D eigenvalue weighted by Gasteiger charge is -2.51. The van der Waals surface area contributed by atoms with Crippen molar-refractivity contribution in [3.8, 4) is 11.5 Å². The number of carbonyl (C=O) groups excluding carboxylic acids is 3. The van der Waals surface area contributed by atoms with Crippen LogP contribution in [0, 0.1) is 0 Å². The average Bonchev–Trinajstić information content (AvgIpc) is 3.12. The first kappa shape index (κ1) is 34.8. The Balaban J connectivity index is 1.08. The molecule has 0 bridgehead atoms. The maximum Gasteiger partial charge on any atom is 0.407 e. The first-order valence-electron chi connectivity index (χ1n) is 17.0. The smallest absolute Gasteiger partial charge is 0.407 e. The summed E-state index contributed by atoms with van der Waals surface area (Å²) in [6, 6.07) is 25.0. The van der Waals surface area contributed by atoms with Crippen LogP contribution in [0.1, 0.15) is 62.1 Å². The highest BCUT2D eigenvalue weighted by atomic mass is 16.5. The molecule has 2 saturated heterocycles. The van der Waals surface area contributed by atoms with Gasteiger partial charge in [0.05, 0.1) is 7.11 Å². The molecule has 5 rings (SSSR count). The summed E-state index contributed by atoms with van der Waals surface area (Å²) in [5.41, 5.74) is 2.29. The Morgan fingerprint density at radius 3 is 2.25 bits per heavy atom. The Morgan fingerprint density at radius 2 is 1.58 bits per heavy atom. The number of ether oxygens (including phenoxy) is 3. The van der Waals surface area contributed by atoms with Crippen LogP contribution in [0.4, 0.5) is 4.79 Å². The molecule has 48 heavy (non-hydrogen) atoms. The second kappa shape index (κ2) is 17.0. The van der Waals surface area contributed by atoms with Gasteiger partial charge in [0.15, 0.2) is 11.5 Å². The van der Waals surface area contributed by atoms with Gasteiger partial charge >= 0.3 is 6.09 Å². The van der Waals surface area contributed by atoms with E-state index in [0.29, 0.717) is 82.9 Å². The number of alkyl carbamates (subject to hydrolysis) is 1. The van der Waals surface area contributed by atoms with E-state index >= 15 is 0 Å². The quantitative estimate of drug-likeness (QED) is 0.210. The monoisotopic (exact) mass is 656 g/mol. The summed E-state index contributed by atoms with van der Waals surface area (Å²) in [7, 11) is 1.65. The second-order valence-electron chi connectivity index (χ2n) is 12.6. The summed E-state index contributed by atoms with van der Waals surface area (Å²) < 4.78 is 16.9. The predicted octanol–water partition coefficient (Wildman–Crippen LogP) is 5.44. The van der Waals surface area contributed by atoms with E-state index in [0.717, 1.165) is 23.1 Å². The van der Waals surface area contributed by atoms with Gasteiger partial charge in [-0.15, -0.1) is 0 Å². The Morgan fingerprint density at radius 1 is 0.896 bits per heavy atom. The van der Waals surface area contributed by atoms with Gasteiger partial charge in [0.1, 0.15) is 24.8 Å². The summed E-state index contributed by atoms with van der Waals surface area (Å²) in [5, 5.41) is 5.84. The molecule has 2 aliphatic rings. The highest BCUT2D eigenvalue weighted by Crippen LogP contribution is 2.35. The van der Waals surface area contributed by atoms with Gasteiger partial charge in [-0.3, -0.25) is 14.5 Å². The Hall–Kier alpha value is -4.57. The number of carbonyl (C=O) groups is 3. The number of benzene rings is 3. The van der Waals surface area contributed by atoms with Gasteiger partial charge in [0, 0.05) is 32.7 Å². The number of hydrogen-bond donors (Lipinski definition) is 2. The number of hydrogen-bond acceptors (Lipinski definition) is 7. The lowest BCUT2D eigenvalue weighted by molar-refractivity contribution is -0.161. The van der Waals surface area contributed by atoms with Crippen molar-refractivity contribution in [2.75, 3.05) is 33.3 Å². The van der Waals surface area contributed by atoms with Crippen molar-refractivity contribution >= 4 is 17.9 Å². The molecule has 2 aliphatic heterocycles. The number of nitrogens with one attached hydrogen (secondary N) is 2. The van der Waals surface area contributed by atoms with E-state index < -0.39 is 17.7 Å². The van der Waals surface area contributed by atoms with Crippen molar-refractivity contribution < 1.29 is 28.6 Å². The zero-order valence-corrected chi connectivity index (χ0v) is 28.1. The van der Waals surface area contributed by atoms with E-state index in [1.54, 1.807) is 7.11 Å². The number of likely N-dealkylation sites (tertiary alicyclic amines) is 1. The molecule has 1 spiro atoms. The van der Waals surface area contributed by atoms with Crippen LogP contribution in [0.15, 0.2) is 78.9 Å². The third-order valence-corrected chi connectivity index (χ3v) is 9.21. The molecule has 10 nitrogen and oxygen atoms in total. The van der Waals surface area contributed by atoms with Gasteiger partial charge in [-0.05, 0) is 67.3 Å². The fraction of sp³-hybridized carbons (Fsp3) is 0.447. The molecule has 1 atom stereocenters. The van der Waals surface area contributed by atoms with E-state index in [9.17, 15) is 14.4 Å². The molecule has 10 heteroatoms. The topological polar surface area (TPSA) is 109 Å². The predicted molar refractivity (Wildman–Crippen MR) is 183 cm³/mol. The van der Waals surface area contributed by atoms with Crippen LogP contribution in [0.5, 0.6) is 11.5 Å². The molecule has 3 aromatic carbocycles. The van der Waals surface area contributed by atoms with E-state index in [1.807, 2.05) is 84.6 Å². The number of rotatable bonds is 15. The largest absolute Gasteiger partial charge is 0.493 e. The van der Waals surface area contributed by atoms with E-state index in [4.69, 9.17) is 14.2 Å². The maximum absolute atomic E-state index is 13.7. The first-order chi connectivity index (χ1) is 23.4. The molecule has 256 valence electrons. The summed E-state index contributed by atoms with van der Waals surface area (Å²) in [4.78, 5) is 43.6. The highest BCUT2D eigenvalue weighted by molar-refractivity contribution is 6.00. The lowest BCUT2D eigenvalue weighted by Crippen LogP contribution is -2.72. The van der Waals surface area contributed by atoms with Crippen LogP contribution in [-0.4, -0.2) is 72.6 Å². The van der Waals surface area contributed by atoms with Gasteiger partial charge in [0.25, 0.3) is 0 Å². The zero-order valence-electron chi connectivity index (χ0n) is 28.1. The molecule has 0 radical (unpaired) electrons. The van der Waals surface area contributed by atoms with Crippen molar-refractivity contribution in [3.63, 3.8) is 0 Å². The minimum absolute atomic E-state index is 0.00374. The minimum atomic E-state index is -0.822. The Labute approximate surface area is 283 Å². The molecule has 2 heterocycles. The molecule has 3 aromatic rings. The fourth-order valence-electron chi connectivity index (χ4n) is 6.56. The molecule has 3 amide bonds. The van der Waals surface area contributed by atoms with Gasteiger partial charge in [-0.1, -0.05) is 73.7 Å². The molecule has 0 unspecified atom stereocenters. The molecule has 2 N–H and O–H groups in total. The van der Waals surface area contributed by atoms with Crippen LogP contribution < -0.4 is 20.1 Å². The summed E-state index contributed by atoms with van der Waals surface area (Å²) >= 11 is 0. The number of unbranched alkanes of at least 4 members (excludes halogenated alkanes) is 1. The van der Waals surface area contributed by atoms with Crippen molar-refractivity contribution in [3.05, 3.63) is 95.6 Å². The molecule has 0 aromatic heterocycles. The SMILES string of the molecule is CCCN1C(=O)[C@H](CCCCNC(=O)OCc2ccccc2)NC(=O)C12CCN(Cc1ccc(OCc3ccccc3)c(OC)c1)CC2. The van der Waals surface area contributed by atoms with Crippen molar-refractivity contribution in [2.45, 2.75) is 76.8 Å². The third kappa shape index (κ3) is 8.86. The lowest BCUT2D eigenvalue weighted by atomic mass is 9.81. The highest BCUT2D eigenvalue weighted by Gasteiger charge is 2.53. The van der Waals surface area contributed by atoms with Crippen molar-refractivity contribution in [1.82, 2.24) is 20.4 Å². The maximum atomic E-state index is 13.7. The molecular weight excluding hydrogens is 608 g/mol. The summed E-state index contributed by atoms with van der Waals surface area (Å²) in [6.45, 7) is 5.83. The standard InChI is InChI=1S/C38H48N4O6/c1-3-22-42-35(43)32(16-10-11-21-39-37(45)48-28-30-14-8-5-9-15-30)40-36(44)38(42)19-23-41(24-20-38)26-31-17-18-33(34(25-31)46-2)47-27-29-12-6-4-7-13-29/h4-9,12-15,17-18,25,32H,3,10-11,16,19-24,26-28H2,1-2H3,(H,39,45)(H,40,44)/t32-/m0/s1. The van der Waals surface area contributed by atoms with Gasteiger partial charge in [-0.2, -0.15) is 0 Å². The van der Waals surface area contributed by atoms with Gasteiger partial charge in [0.2, 0.25) is 11.8 Å². The van der Waals surface area contributed by atoms with Crippen LogP contribution in [-0.2, 0) is 34.1 Å². The Kier molecular flexibility index (Phi) is 12.3. The number of piperidine rings is 1. The third-order valence-electron chi connectivity index (χ3n) is 9.21. The van der Waals surface area contributed by atoms with Crippen LogP contribution in [0.3, 0.4) is 0 Å². The molecule has 0 saturated carbocycles. The van der Waals surface area contributed by atoms with Crippen LogP contribution >= 0.6 is 0 Å². The second-order valence-corrected chi connectivity index (χ2v) is 12.6. The number of nitrogens with zero attached hydrogens (tertiary/aromatic N) is 2. The molecule has 2 fully saturated rings. The molecule has 0 aliphatic carbocycles. The number of piperazine rings is 1. The minimum Gasteiger partial charge on any atom is -0.493 e. The first-order valence-corrected chi connectivity index (χ1v) is 17.0. The van der Waals surface area contributed by atoms with E-state index in [1.165, 1.54) is 0 Å². The Bertz CT molecular complexity index is 1490. The van der Waals surface area contributed by atoms with E-state index in [-0.39, 0.29) is 18.4 Å². The van der Waals surface area contributed by atoms with Crippen LogP contribution in [0.25, 0.3) is 0 Å². The summed E-state index contributed by atoms with van der Waals surface area (Å²) in [6.07, 6.45) is 3.39. The van der Waals surface area contributed by atoms with Gasteiger partial charge in [-0.25, -0.2) is 4.79 Å². The van der Waals surface area contributed by atoms with E-state index in [2.05, 4.69) is 21.6 Å². The molecular formula is C38H48N4O6.